The molecule has 0 aromatic carbocycles. The van der Waals surface area contributed by atoms with E-state index in [0.29, 0.717) is 6.61 Å². The molecule has 0 aliphatic carbocycles. The van der Waals surface area contributed by atoms with Gasteiger partial charge in [-0.2, -0.15) is 0 Å². The molecular formula is C12H13BrN2OS. The molecular weight excluding hydrogens is 300 g/mol. The Kier molecular flexibility index (Phi) is 4.65. The van der Waals surface area contributed by atoms with E-state index in [0.717, 1.165) is 28.8 Å². The minimum Gasteiger partial charge on any atom is -0.376 e. The molecule has 0 atom stereocenters. The van der Waals surface area contributed by atoms with Gasteiger partial charge in [0.05, 0.1) is 24.4 Å². The van der Waals surface area contributed by atoms with Crippen molar-refractivity contribution in [2.45, 2.75) is 20.0 Å². The Labute approximate surface area is 113 Å². The summed E-state index contributed by atoms with van der Waals surface area (Å²) in [5, 5.41) is 0. The van der Waals surface area contributed by atoms with Gasteiger partial charge in [0.2, 0.25) is 0 Å². The lowest BCUT2D eigenvalue weighted by Crippen LogP contribution is -1.99. The Hall–Kier alpha value is -0.780. The van der Waals surface area contributed by atoms with Crippen LogP contribution in [-0.4, -0.2) is 16.6 Å². The lowest BCUT2D eigenvalue weighted by atomic mass is 10.3. The smallest absolute Gasteiger partial charge is 0.0797 e. The van der Waals surface area contributed by atoms with Crippen LogP contribution in [0.3, 0.4) is 0 Å². The zero-order chi connectivity index (χ0) is 12.1. The number of halogens is 1. The van der Waals surface area contributed by atoms with E-state index in [-0.39, 0.29) is 0 Å². The Bertz CT molecular complexity index is 487. The van der Waals surface area contributed by atoms with Crippen molar-refractivity contribution in [2.75, 3.05) is 6.61 Å². The summed E-state index contributed by atoms with van der Waals surface area (Å²) in [7, 11) is 0. The Morgan fingerprint density at radius 2 is 2.29 bits per heavy atom. The monoisotopic (exact) mass is 312 g/mol. The van der Waals surface area contributed by atoms with Gasteiger partial charge in [-0.1, -0.05) is 0 Å². The van der Waals surface area contributed by atoms with E-state index in [4.69, 9.17) is 4.74 Å². The molecule has 90 valence electrons. The van der Waals surface area contributed by atoms with Gasteiger partial charge in [-0.3, -0.25) is 4.98 Å². The maximum Gasteiger partial charge on any atom is 0.0797 e. The number of pyridine rings is 1. The fourth-order valence-corrected chi connectivity index (χ4v) is 2.63. The fourth-order valence-electron chi connectivity index (χ4n) is 1.46. The second-order valence-corrected chi connectivity index (χ2v) is 5.53. The van der Waals surface area contributed by atoms with Crippen LogP contribution in [0.4, 0.5) is 0 Å². The second kappa shape index (κ2) is 6.23. The summed E-state index contributed by atoms with van der Waals surface area (Å²) in [6, 6.07) is 2.02. The molecule has 2 aromatic rings. The molecule has 17 heavy (non-hydrogen) atoms. The highest BCUT2D eigenvalue weighted by Gasteiger charge is 2.01. The average Bonchev–Trinajstić information content (AvgIpc) is 2.71. The molecule has 0 aliphatic heterocycles. The normalized spacial score (nSPS) is 10.7. The first kappa shape index (κ1) is 12.7. The SMILES string of the molecule is Cc1ncsc1CCOCc1cncc(Br)c1. The highest BCUT2D eigenvalue weighted by atomic mass is 79.9. The number of rotatable bonds is 5. The van der Waals surface area contributed by atoms with Crippen LogP contribution in [0.1, 0.15) is 16.1 Å². The van der Waals surface area contributed by atoms with Gasteiger partial charge >= 0.3 is 0 Å². The third-order valence-electron chi connectivity index (χ3n) is 2.35. The topological polar surface area (TPSA) is 35.0 Å². The molecule has 5 heteroatoms. The van der Waals surface area contributed by atoms with Crippen molar-refractivity contribution in [2.24, 2.45) is 0 Å². The summed E-state index contributed by atoms with van der Waals surface area (Å²) < 4.78 is 6.60. The molecule has 2 aromatic heterocycles. The molecule has 2 rings (SSSR count). The summed E-state index contributed by atoms with van der Waals surface area (Å²) in [4.78, 5) is 9.61. The summed E-state index contributed by atoms with van der Waals surface area (Å²) in [6.45, 7) is 3.35. The van der Waals surface area contributed by atoms with Crippen molar-refractivity contribution in [1.82, 2.24) is 9.97 Å². The van der Waals surface area contributed by atoms with Gasteiger partial charge < -0.3 is 4.74 Å². The molecule has 0 amide bonds. The van der Waals surface area contributed by atoms with Crippen LogP contribution in [0, 0.1) is 6.92 Å². The van der Waals surface area contributed by atoms with E-state index in [1.54, 1.807) is 17.5 Å². The molecule has 0 N–H and O–H groups in total. The van der Waals surface area contributed by atoms with Crippen LogP contribution < -0.4 is 0 Å². The van der Waals surface area contributed by atoms with Gasteiger partial charge in [0.25, 0.3) is 0 Å². The standard InChI is InChI=1S/C12H13BrN2OS/c1-9-12(17-8-15-9)2-3-16-7-10-4-11(13)6-14-5-10/h4-6,8H,2-3,7H2,1H3. The molecule has 3 nitrogen and oxygen atoms in total. The van der Waals surface area contributed by atoms with Crippen LogP contribution in [0.25, 0.3) is 0 Å². The van der Waals surface area contributed by atoms with Crippen LogP contribution in [0.5, 0.6) is 0 Å². The van der Waals surface area contributed by atoms with E-state index >= 15 is 0 Å². The summed E-state index contributed by atoms with van der Waals surface area (Å²) >= 11 is 5.07. The third-order valence-corrected chi connectivity index (χ3v) is 3.78. The Balaban J connectivity index is 1.75. The van der Waals surface area contributed by atoms with Crippen molar-refractivity contribution < 1.29 is 4.74 Å². The first-order valence-corrected chi connectivity index (χ1v) is 6.99. The molecule has 0 spiro atoms. The van der Waals surface area contributed by atoms with Gasteiger partial charge in [-0.25, -0.2) is 4.98 Å². The molecule has 0 aliphatic rings. The number of hydrogen-bond acceptors (Lipinski definition) is 4. The molecule has 2 heterocycles. The fraction of sp³-hybridized carbons (Fsp3) is 0.333. The summed E-state index contributed by atoms with van der Waals surface area (Å²) in [5.41, 5.74) is 4.08. The van der Waals surface area contributed by atoms with Crippen molar-refractivity contribution in [3.63, 3.8) is 0 Å². The van der Waals surface area contributed by atoms with E-state index < -0.39 is 0 Å². The van der Waals surface area contributed by atoms with Crippen LogP contribution in [0.2, 0.25) is 0 Å². The average molecular weight is 313 g/mol. The molecule has 0 saturated carbocycles. The van der Waals surface area contributed by atoms with Gasteiger partial charge in [0.1, 0.15) is 0 Å². The van der Waals surface area contributed by atoms with Crippen molar-refractivity contribution in [3.8, 4) is 0 Å². The van der Waals surface area contributed by atoms with E-state index in [9.17, 15) is 0 Å². The van der Waals surface area contributed by atoms with Crippen LogP contribution >= 0.6 is 27.3 Å². The van der Waals surface area contributed by atoms with E-state index in [2.05, 4.69) is 25.9 Å². The lowest BCUT2D eigenvalue weighted by molar-refractivity contribution is 0.124. The number of aromatic nitrogens is 2. The lowest BCUT2D eigenvalue weighted by Gasteiger charge is -2.03. The van der Waals surface area contributed by atoms with Crippen LogP contribution in [0.15, 0.2) is 28.4 Å². The first-order chi connectivity index (χ1) is 8.25. The quantitative estimate of drug-likeness (QED) is 0.794. The van der Waals surface area contributed by atoms with Crippen LogP contribution in [-0.2, 0) is 17.8 Å². The van der Waals surface area contributed by atoms with E-state index in [1.165, 1.54) is 4.88 Å². The Morgan fingerprint density at radius 1 is 1.41 bits per heavy atom. The van der Waals surface area contributed by atoms with Gasteiger partial charge in [0.15, 0.2) is 0 Å². The number of nitrogens with zero attached hydrogens (tertiary/aromatic N) is 2. The number of thiazole rings is 1. The molecule has 0 bridgehead atoms. The van der Waals surface area contributed by atoms with Crippen molar-refractivity contribution >= 4 is 27.3 Å². The second-order valence-electron chi connectivity index (χ2n) is 3.67. The van der Waals surface area contributed by atoms with Gasteiger partial charge in [-0.15, -0.1) is 11.3 Å². The predicted molar refractivity (Wildman–Crippen MR) is 72.1 cm³/mol. The minimum absolute atomic E-state index is 0.601. The first-order valence-electron chi connectivity index (χ1n) is 5.32. The largest absolute Gasteiger partial charge is 0.376 e. The summed E-state index contributed by atoms with van der Waals surface area (Å²) in [6.07, 6.45) is 4.52. The maximum absolute atomic E-state index is 5.62. The number of ether oxygens (including phenoxy) is 1. The number of hydrogen-bond donors (Lipinski definition) is 0. The van der Waals surface area contributed by atoms with Gasteiger partial charge in [-0.05, 0) is 34.5 Å². The third kappa shape index (κ3) is 3.87. The highest BCUT2D eigenvalue weighted by Crippen LogP contribution is 2.14. The zero-order valence-electron chi connectivity index (χ0n) is 9.52. The Morgan fingerprint density at radius 3 is 3.00 bits per heavy atom. The molecule has 0 radical (unpaired) electrons. The van der Waals surface area contributed by atoms with E-state index in [1.807, 2.05) is 24.7 Å². The molecule has 0 fully saturated rings. The number of aryl methyl sites for hydroxylation is 1. The highest BCUT2D eigenvalue weighted by molar-refractivity contribution is 9.10. The zero-order valence-corrected chi connectivity index (χ0v) is 11.9. The summed E-state index contributed by atoms with van der Waals surface area (Å²) in [5.74, 6) is 0. The molecule has 0 unspecified atom stereocenters. The van der Waals surface area contributed by atoms with Crippen molar-refractivity contribution in [1.29, 1.82) is 0 Å². The molecule has 0 saturated heterocycles. The van der Waals surface area contributed by atoms with Gasteiger partial charge in [0, 0.05) is 28.2 Å². The maximum atomic E-state index is 5.62. The minimum atomic E-state index is 0.601. The van der Waals surface area contributed by atoms with Crippen molar-refractivity contribution in [3.05, 3.63) is 44.6 Å². The predicted octanol–water partition coefficient (Wildman–Crippen LogP) is 3.37.